The topological polar surface area (TPSA) is 24.1 Å². The molecule has 1 fully saturated rings. The molecule has 92 valence electrons. The molecule has 0 aliphatic heterocycles. The van der Waals surface area contributed by atoms with Gasteiger partial charge >= 0.3 is 0 Å². The summed E-state index contributed by atoms with van der Waals surface area (Å²) in [4.78, 5) is 0. The fourth-order valence-electron chi connectivity index (χ4n) is 2.86. The Labute approximate surface area is 105 Å². The van der Waals surface area contributed by atoms with Gasteiger partial charge in [0.25, 0.3) is 0 Å². The van der Waals surface area contributed by atoms with E-state index < -0.39 is 0 Å². The van der Waals surface area contributed by atoms with Gasteiger partial charge < -0.3 is 10.6 Å². The molecule has 2 nitrogen and oxygen atoms in total. The normalized spacial score (nSPS) is 28.2. The minimum absolute atomic E-state index is 0.434. The lowest BCUT2D eigenvalue weighted by Gasteiger charge is -2.39. The van der Waals surface area contributed by atoms with Crippen LogP contribution in [0.3, 0.4) is 0 Å². The van der Waals surface area contributed by atoms with Crippen molar-refractivity contribution in [3.05, 3.63) is 12.7 Å². The average Bonchev–Trinajstić information content (AvgIpc) is 2.11. The van der Waals surface area contributed by atoms with Crippen molar-refractivity contribution in [1.29, 1.82) is 0 Å². The Morgan fingerprint density at radius 3 is 2.75 bits per heavy atom. The summed E-state index contributed by atoms with van der Waals surface area (Å²) < 4.78 is 0. The van der Waals surface area contributed by atoms with Crippen LogP contribution < -0.4 is 10.6 Å². The van der Waals surface area contributed by atoms with Crippen LogP contribution in [0.1, 0.15) is 40.0 Å². The first-order chi connectivity index (χ1) is 7.43. The van der Waals surface area contributed by atoms with E-state index in [4.69, 9.17) is 12.2 Å². The summed E-state index contributed by atoms with van der Waals surface area (Å²) in [5, 5.41) is 7.30. The molecule has 0 spiro atoms. The summed E-state index contributed by atoms with van der Waals surface area (Å²) in [6.07, 6.45) is 5.56. The summed E-state index contributed by atoms with van der Waals surface area (Å²) in [5.41, 5.74) is 0.434. The van der Waals surface area contributed by atoms with E-state index in [9.17, 15) is 0 Å². The van der Waals surface area contributed by atoms with Gasteiger partial charge in [-0.25, -0.2) is 0 Å². The molecule has 2 N–H and O–H groups in total. The minimum Gasteiger partial charge on any atom is -0.360 e. The molecule has 1 aliphatic carbocycles. The first-order valence-corrected chi connectivity index (χ1v) is 6.49. The maximum atomic E-state index is 5.24. The highest BCUT2D eigenvalue weighted by atomic mass is 32.1. The fourth-order valence-corrected chi connectivity index (χ4v) is 3.11. The van der Waals surface area contributed by atoms with Crippen LogP contribution in [0.25, 0.3) is 0 Å². The molecule has 2 atom stereocenters. The summed E-state index contributed by atoms with van der Waals surface area (Å²) in [6, 6.07) is 0.517. The molecular formula is C13H24N2S. The predicted octanol–water partition coefficient (Wildman–Crippen LogP) is 2.85. The molecule has 2 unspecified atom stereocenters. The summed E-state index contributed by atoms with van der Waals surface area (Å²) in [6.45, 7) is 11.4. The van der Waals surface area contributed by atoms with Crippen molar-refractivity contribution in [2.24, 2.45) is 11.3 Å². The highest BCUT2D eigenvalue weighted by Crippen LogP contribution is 2.38. The van der Waals surface area contributed by atoms with Crippen LogP contribution in [0.15, 0.2) is 12.7 Å². The summed E-state index contributed by atoms with van der Waals surface area (Å²) >= 11 is 5.24. The molecule has 0 heterocycles. The van der Waals surface area contributed by atoms with Crippen molar-refractivity contribution in [2.45, 2.75) is 46.1 Å². The van der Waals surface area contributed by atoms with Gasteiger partial charge in [0.05, 0.1) is 0 Å². The summed E-state index contributed by atoms with van der Waals surface area (Å²) in [7, 11) is 0. The molecule has 0 bridgehead atoms. The number of hydrogen-bond donors (Lipinski definition) is 2. The lowest BCUT2D eigenvalue weighted by molar-refractivity contribution is 0.161. The number of rotatable bonds is 3. The largest absolute Gasteiger partial charge is 0.360 e. The minimum atomic E-state index is 0.434. The zero-order valence-electron chi connectivity index (χ0n) is 10.7. The van der Waals surface area contributed by atoms with Gasteiger partial charge in [-0.15, -0.1) is 6.58 Å². The van der Waals surface area contributed by atoms with Gasteiger partial charge in [-0.05, 0) is 42.8 Å². The molecule has 1 saturated carbocycles. The molecule has 3 heteroatoms. The molecule has 16 heavy (non-hydrogen) atoms. The molecule has 0 aromatic heterocycles. The SMILES string of the molecule is C=CCNC(=S)NC1CC(C)CC(C)(C)C1. The van der Waals surface area contributed by atoms with Crippen molar-refractivity contribution < 1.29 is 0 Å². The second-order valence-corrected chi connectivity index (χ2v) is 6.16. The van der Waals surface area contributed by atoms with Gasteiger partial charge in [0, 0.05) is 12.6 Å². The second kappa shape index (κ2) is 5.67. The zero-order valence-corrected chi connectivity index (χ0v) is 11.5. The van der Waals surface area contributed by atoms with Crippen molar-refractivity contribution in [3.8, 4) is 0 Å². The highest BCUT2D eigenvalue weighted by molar-refractivity contribution is 7.80. The Kier molecular flexibility index (Phi) is 4.78. The number of nitrogens with one attached hydrogen (secondary N) is 2. The standard InChI is InChI=1S/C13H24N2S/c1-5-6-14-12(16)15-11-7-10(2)8-13(3,4)9-11/h5,10-11H,1,6-9H2,2-4H3,(H2,14,15,16). The first-order valence-electron chi connectivity index (χ1n) is 6.08. The molecule has 0 aromatic carbocycles. The molecule has 0 radical (unpaired) electrons. The van der Waals surface area contributed by atoms with Crippen molar-refractivity contribution in [2.75, 3.05) is 6.54 Å². The molecule has 1 aliphatic rings. The van der Waals surface area contributed by atoms with Gasteiger partial charge in [0.2, 0.25) is 0 Å². The lowest BCUT2D eigenvalue weighted by Crippen LogP contribution is -2.46. The molecule has 0 amide bonds. The van der Waals surface area contributed by atoms with E-state index in [1.807, 2.05) is 6.08 Å². The Hall–Kier alpha value is -0.570. The van der Waals surface area contributed by atoms with Crippen LogP contribution in [0.5, 0.6) is 0 Å². The van der Waals surface area contributed by atoms with Crippen LogP contribution in [0, 0.1) is 11.3 Å². The lowest BCUT2D eigenvalue weighted by atomic mass is 9.71. The predicted molar refractivity (Wildman–Crippen MR) is 74.5 cm³/mol. The van der Waals surface area contributed by atoms with Crippen molar-refractivity contribution in [1.82, 2.24) is 10.6 Å². The highest BCUT2D eigenvalue weighted by Gasteiger charge is 2.32. The van der Waals surface area contributed by atoms with Crippen LogP contribution in [0.4, 0.5) is 0 Å². The first kappa shape index (κ1) is 13.5. The van der Waals surface area contributed by atoms with Gasteiger partial charge in [0.1, 0.15) is 0 Å². The third kappa shape index (κ3) is 4.52. The quantitative estimate of drug-likeness (QED) is 0.586. The van der Waals surface area contributed by atoms with Crippen LogP contribution in [-0.2, 0) is 0 Å². The van der Waals surface area contributed by atoms with Gasteiger partial charge in [0.15, 0.2) is 5.11 Å². The van der Waals surface area contributed by atoms with Crippen LogP contribution >= 0.6 is 12.2 Å². The Morgan fingerprint density at radius 2 is 2.19 bits per heavy atom. The zero-order chi connectivity index (χ0) is 12.2. The monoisotopic (exact) mass is 240 g/mol. The second-order valence-electron chi connectivity index (χ2n) is 5.75. The van der Waals surface area contributed by atoms with Gasteiger partial charge in [-0.2, -0.15) is 0 Å². The van der Waals surface area contributed by atoms with Crippen LogP contribution in [-0.4, -0.2) is 17.7 Å². The Balaban J connectivity index is 2.41. The maximum Gasteiger partial charge on any atom is 0.166 e. The molecule has 1 rings (SSSR count). The maximum absolute atomic E-state index is 5.24. The van der Waals surface area contributed by atoms with Crippen LogP contribution in [0.2, 0.25) is 0 Å². The molecular weight excluding hydrogens is 216 g/mol. The van der Waals surface area contributed by atoms with E-state index in [0.717, 1.165) is 17.6 Å². The molecule has 0 saturated heterocycles. The van der Waals surface area contributed by atoms with E-state index >= 15 is 0 Å². The smallest absolute Gasteiger partial charge is 0.166 e. The van der Waals surface area contributed by atoms with Gasteiger partial charge in [-0.1, -0.05) is 26.8 Å². The number of hydrogen-bond acceptors (Lipinski definition) is 1. The average molecular weight is 240 g/mol. The molecule has 0 aromatic rings. The Morgan fingerprint density at radius 1 is 1.50 bits per heavy atom. The van der Waals surface area contributed by atoms with Gasteiger partial charge in [-0.3, -0.25) is 0 Å². The number of thiocarbonyl (C=S) groups is 1. The Bertz CT molecular complexity index is 261. The van der Waals surface area contributed by atoms with Crippen molar-refractivity contribution in [3.63, 3.8) is 0 Å². The van der Waals surface area contributed by atoms with Crippen molar-refractivity contribution >= 4 is 17.3 Å². The van der Waals surface area contributed by atoms with E-state index in [-0.39, 0.29) is 0 Å². The third-order valence-corrected chi connectivity index (χ3v) is 3.39. The van der Waals surface area contributed by atoms with E-state index in [0.29, 0.717) is 11.5 Å². The van der Waals surface area contributed by atoms with E-state index in [1.165, 1.54) is 19.3 Å². The van der Waals surface area contributed by atoms with E-state index in [1.54, 1.807) is 0 Å². The fraction of sp³-hybridized carbons (Fsp3) is 0.769. The summed E-state index contributed by atoms with van der Waals surface area (Å²) in [5.74, 6) is 0.781. The van der Waals surface area contributed by atoms with E-state index in [2.05, 4.69) is 38.0 Å². The third-order valence-electron chi connectivity index (χ3n) is 3.13.